The zero-order chi connectivity index (χ0) is 18.7. The Bertz CT molecular complexity index is 756. The van der Waals surface area contributed by atoms with Gasteiger partial charge in [0.25, 0.3) is 0 Å². The number of carbonyl (C=O) groups excluding carboxylic acids is 1. The highest BCUT2D eigenvalue weighted by Crippen LogP contribution is 2.21. The third-order valence-corrected chi connectivity index (χ3v) is 4.95. The van der Waals surface area contributed by atoms with E-state index in [9.17, 15) is 4.79 Å². The fourth-order valence-electron chi connectivity index (χ4n) is 3.54. The van der Waals surface area contributed by atoms with Crippen molar-refractivity contribution < 1.29 is 4.79 Å². The molecule has 1 fully saturated rings. The van der Waals surface area contributed by atoms with Gasteiger partial charge in [-0.15, -0.1) is 0 Å². The second-order valence-electron chi connectivity index (χ2n) is 7.15. The van der Waals surface area contributed by atoms with Crippen LogP contribution in [0.1, 0.15) is 50.7 Å². The summed E-state index contributed by atoms with van der Waals surface area (Å²) in [5, 5.41) is 0. The average molecular weight is 356 g/mol. The predicted molar refractivity (Wildman–Crippen MR) is 101 cm³/mol. The molecule has 0 N–H and O–H groups in total. The van der Waals surface area contributed by atoms with Crippen molar-refractivity contribution >= 4 is 11.7 Å². The van der Waals surface area contributed by atoms with Gasteiger partial charge in [0.05, 0.1) is 5.69 Å². The lowest BCUT2D eigenvalue weighted by Crippen LogP contribution is -2.39. The number of aromatic nitrogens is 4. The van der Waals surface area contributed by atoms with Crippen molar-refractivity contribution in [1.29, 1.82) is 0 Å². The first-order valence-electron chi connectivity index (χ1n) is 9.33. The van der Waals surface area contributed by atoms with Gasteiger partial charge >= 0.3 is 0 Å². The third kappa shape index (κ3) is 3.71. The molecule has 2 aromatic heterocycles. The highest BCUT2D eigenvalue weighted by molar-refractivity contribution is 5.80. The lowest BCUT2D eigenvalue weighted by molar-refractivity contribution is -0.134. The van der Waals surface area contributed by atoms with Crippen LogP contribution in [0.2, 0.25) is 0 Å². The molecular formula is C19H28N6O. The first-order chi connectivity index (χ1) is 12.5. The van der Waals surface area contributed by atoms with Crippen molar-refractivity contribution in [2.24, 2.45) is 0 Å². The maximum absolute atomic E-state index is 13.1. The van der Waals surface area contributed by atoms with E-state index in [1.807, 2.05) is 29.5 Å². The lowest BCUT2D eigenvalue weighted by Gasteiger charge is -2.27. The Morgan fingerprint density at radius 3 is 2.50 bits per heavy atom. The Morgan fingerprint density at radius 1 is 1.00 bits per heavy atom. The molecular weight excluding hydrogens is 328 g/mol. The van der Waals surface area contributed by atoms with Crippen LogP contribution in [0.3, 0.4) is 0 Å². The minimum Gasteiger partial charge on any atom is -0.353 e. The predicted octanol–water partition coefficient (Wildman–Crippen LogP) is 2.40. The van der Waals surface area contributed by atoms with Crippen molar-refractivity contribution in [2.45, 2.75) is 46.1 Å². The maximum Gasteiger partial charge on any atom is 0.245 e. The van der Waals surface area contributed by atoms with Gasteiger partial charge in [0.2, 0.25) is 5.91 Å². The molecule has 1 unspecified atom stereocenters. The van der Waals surface area contributed by atoms with E-state index in [-0.39, 0.29) is 11.9 Å². The van der Waals surface area contributed by atoms with Gasteiger partial charge in [-0.2, -0.15) is 0 Å². The van der Waals surface area contributed by atoms with Crippen molar-refractivity contribution in [3.8, 4) is 0 Å². The van der Waals surface area contributed by atoms with E-state index in [0.29, 0.717) is 12.5 Å². The molecule has 140 valence electrons. The van der Waals surface area contributed by atoms with E-state index in [1.54, 1.807) is 18.6 Å². The summed E-state index contributed by atoms with van der Waals surface area (Å²) in [6, 6.07) is -0.236. The zero-order valence-electron chi connectivity index (χ0n) is 16.1. The molecule has 1 atom stereocenters. The summed E-state index contributed by atoms with van der Waals surface area (Å²) in [7, 11) is 0. The number of carbonyl (C=O) groups is 1. The van der Waals surface area contributed by atoms with Crippen LogP contribution in [-0.4, -0.2) is 56.5 Å². The largest absolute Gasteiger partial charge is 0.353 e. The first kappa shape index (κ1) is 18.4. The van der Waals surface area contributed by atoms with E-state index in [1.165, 1.54) is 0 Å². The lowest BCUT2D eigenvalue weighted by atomic mass is 10.2. The molecule has 1 aliphatic heterocycles. The van der Waals surface area contributed by atoms with Crippen molar-refractivity contribution in [2.75, 3.05) is 31.1 Å². The van der Waals surface area contributed by atoms with Gasteiger partial charge in [-0.1, -0.05) is 13.8 Å². The van der Waals surface area contributed by atoms with Crippen LogP contribution in [0.15, 0.2) is 24.8 Å². The zero-order valence-corrected chi connectivity index (χ0v) is 16.1. The number of aryl methyl sites for hydroxylation is 1. The van der Waals surface area contributed by atoms with E-state index in [0.717, 1.165) is 43.4 Å². The Hall–Kier alpha value is -2.44. The fraction of sp³-hybridized carbons (Fsp3) is 0.579. The van der Waals surface area contributed by atoms with Crippen LogP contribution in [0, 0.1) is 6.92 Å². The Balaban J connectivity index is 1.69. The minimum atomic E-state index is -0.236. The summed E-state index contributed by atoms with van der Waals surface area (Å²) in [6.45, 7) is 11.3. The molecule has 0 bridgehead atoms. The summed E-state index contributed by atoms with van der Waals surface area (Å²) in [6.07, 6.45) is 8.05. The van der Waals surface area contributed by atoms with Gasteiger partial charge in [0.15, 0.2) is 0 Å². The van der Waals surface area contributed by atoms with Gasteiger partial charge in [0, 0.05) is 56.9 Å². The van der Waals surface area contributed by atoms with Crippen LogP contribution < -0.4 is 4.90 Å². The molecule has 0 aromatic carbocycles. The monoisotopic (exact) mass is 356 g/mol. The second kappa shape index (κ2) is 7.85. The van der Waals surface area contributed by atoms with E-state index in [4.69, 9.17) is 0 Å². The number of hydrogen-bond donors (Lipinski definition) is 0. The number of rotatable bonds is 4. The van der Waals surface area contributed by atoms with Crippen LogP contribution in [0.5, 0.6) is 0 Å². The molecule has 1 amide bonds. The van der Waals surface area contributed by atoms with Crippen LogP contribution >= 0.6 is 0 Å². The number of nitrogens with zero attached hydrogens (tertiary/aromatic N) is 6. The normalized spacial score (nSPS) is 16.7. The molecule has 26 heavy (non-hydrogen) atoms. The van der Waals surface area contributed by atoms with Gasteiger partial charge in [-0.25, -0.2) is 9.97 Å². The van der Waals surface area contributed by atoms with Gasteiger partial charge < -0.3 is 14.4 Å². The van der Waals surface area contributed by atoms with E-state index < -0.39 is 0 Å². The molecule has 0 radical (unpaired) electrons. The standard InChI is InChI=1S/C19H28N6O/c1-14(2)17-22-8-11-25(17)16(4)19(26)24-10-5-9-23(12-13-24)18-15(3)20-6-7-21-18/h6-8,11,14,16H,5,9-10,12-13H2,1-4H3. The van der Waals surface area contributed by atoms with Crippen molar-refractivity contribution in [3.05, 3.63) is 36.3 Å². The second-order valence-corrected chi connectivity index (χ2v) is 7.15. The number of imidazole rings is 1. The molecule has 0 aliphatic carbocycles. The average Bonchev–Trinajstić information content (AvgIpc) is 3.00. The molecule has 1 aliphatic rings. The smallest absolute Gasteiger partial charge is 0.245 e. The molecule has 0 spiro atoms. The van der Waals surface area contributed by atoms with Crippen molar-refractivity contribution in [1.82, 2.24) is 24.4 Å². The summed E-state index contributed by atoms with van der Waals surface area (Å²) < 4.78 is 2.00. The molecule has 7 nitrogen and oxygen atoms in total. The topological polar surface area (TPSA) is 67.2 Å². The molecule has 0 saturated carbocycles. The fourth-order valence-corrected chi connectivity index (χ4v) is 3.54. The molecule has 3 rings (SSSR count). The Kier molecular flexibility index (Phi) is 5.54. The van der Waals surface area contributed by atoms with Crippen molar-refractivity contribution in [3.63, 3.8) is 0 Å². The van der Waals surface area contributed by atoms with Gasteiger partial charge in [0.1, 0.15) is 17.7 Å². The summed E-state index contributed by atoms with van der Waals surface area (Å²) >= 11 is 0. The van der Waals surface area contributed by atoms with Crippen LogP contribution in [0.4, 0.5) is 5.82 Å². The SMILES string of the molecule is Cc1nccnc1N1CCCN(C(=O)C(C)n2ccnc2C(C)C)CC1. The molecule has 7 heteroatoms. The van der Waals surface area contributed by atoms with Crippen LogP contribution in [-0.2, 0) is 4.79 Å². The number of hydrogen-bond acceptors (Lipinski definition) is 5. The Morgan fingerprint density at radius 2 is 1.77 bits per heavy atom. The summed E-state index contributed by atoms with van der Waals surface area (Å²) in [4.78, 5) is 30.5. The van der Waals surface area contributed by atoms with E-state index >= 15 is 0 Å². The highest BCUT2D eigenvalue weighted by Gasteiger charge is 2.26. The Labute approximate surface area is 155 Å². The minimum absolute atomic E-state index is 0.155. The molecule has 3 heterocycles. The van der Waals surface area contributed by atoms with Gasteiger partial charge in [-0.3, -0.25) is 9.78 Å². The van der Waals surface area contributed by atoms with Gasteiger partial charge in [-0.05, 0) is 20.3 Å². The molecule has 1 saturated heterocycles. The maximum atomic E-state index is 13.1. The highest BCUT2D eigenvalue weighted by atomic mass is 16.2. The quantitative estimate of drug-likeness (QED) is 0.841. The first-order valence-corrected chi connectivity index (χ1v) is 9.33. The van der Waals surface area contributed by atoms with E-state index in [2.05, 4.69) is 33.7 Å². The number of anilines is 1. The third-order valence-electron chi connectivity index (χ3n) is 4.95. The summed E-state index contributed by atoms with van der Waals surface area (Å²) in [5.41, 5.74) is 0.931. The number of amides is 1. The summed E-state index contributed by atoms with van der Waals surface area (Å²) in [5.74, 6) is 2.33. The molecule has 2 aromatic rings. The van der Waals surface area contributed by atoms with Crippen LogP contribution in [0.25, 0.3) is 0 Å².